The van der Waals surface area contributed by atoms with Gasteiger partial charge in [-0.15, -0.1) is 0 Å². The fourth-order valence-corrected chi connectivity index (χ4v) is 1.72. The van der Waals surface area contributed by atoms with Crippen molar-refractivity contribution in [1.82, 2.24) is 0 Å². The Morgan fingerprint density at radius 2 is 2.08 bits per heavy atom. The zero-order chi connectivity index (χ0) is 9.10. The van der Waals surface area contributed by atoms with Gasteiger partial charge in [0.05, 0.1) is 6.61 Å². The van der Waals surface area contributed by atoms with Crippen LogP contribution in [-0.4, -0.2) is 13.2 Å². The Kier molecular flexibility index (Phi) is 2.62. The fourth-order valence-electron chi connectivity index (χ4n) is 1.72. The van der Waals surface area contributed by atoms with Crippen LogP contribution < -0.4 is 5.73 Å². The fraction of sp³-hybridized carbons (Fsp3) is 0.455. The van der Waals surface area contributed by atoms with Crippen molar-refractivity contribution in [2.45, 2.75) is 18.9 Å². The van der Waals surface area contributed by atoms with Gasteiger partial charge in [0, 0.05) is 19.1 Å². The van der Waals surface area contributed by atoms with E-state index in [4.69, 9.17) is 10.5 Å². The summed E-state index contributed by atoms with van der Waals surface area (Å²) in [4.78, 5) is 0. The van der Waals surface area contributed by atoms with E-state index in [1.165, 1.54) is 11.1 Å². The number of rotatable bonds is 2. The zero-order valence-electron chi connectivity index (χ0n) is 7.70. The van der Waals surface area contributed by atoms with E-state index in [2.05, 4.69) is 24.3 Å². The van der Waals surface area contributed by atoms with Gasteiger partial charge >= 0.3 is 0 Å². The minimum Gasteiger partial charge on any atom is -0.381 e. The molecule has 1 aromatic rings. The van der Waals surface area contributed by atoms with Crippen molar-refractivity contribution in [3.63, 3.8) is 0 Å². The lowest BCUT2D eigenvalue weighted by Gasteiger charge is -2.07. The molecule has 13 heavy (non-hydrogen) atoms. The SMILES string of the molecule is NCc1ccc(C2CCOC2)cc1. The molecule has 0 amide bonds. The van der Waals surface area contributed by atoms with Gasteiger partial charge in [0.2, 0.25) is 0 Å². The second kappa shape index (κ2) is 3.90. The number of hydrogen-bond donors (Lipinski definition) is 1. The maximum Gasteiger partial charge on any atom is 0.0535 e. The molecule has 0 aliphatic carbocycles. The lowest BCUT2D eigenvalue weighted by molar-refractivity contribution is 0.194. The van der Waals surface area contributed by atoms with Crippen molar-refractivity contribution in [3.05, 3.63) is 35.4 Å². The van der Waals surface area contributed by atoms with Crippen LogP contribution in [0.4, 0.5) is 0 Å². The quantitative estimate of drug-likeness (QED) is 0.745. The van der Waals surface area contributed by atoms with Crippen LogP contribution in [0.25, 0.3) is 0 Å². The Hall–Kier alpha value is -0.860. The summed E-state index contributed by atoms with van der Waals surface area (Å²) >= 11 is 0. The van der Waals surface area contributed by atoms with Crippen molar-refractivity contribution in [1.29, 1.82) is 0 Å². The van der Waals surface area contributed by atoms with Gasteiger partial charge in [-0.25, -0.2) is 0 Å². The van der Waals surface area contributed by atoms with Crippen LogP contribution in [0.15, 0.2) is 24.3 Å². The average Bonchev–Trinajstić information content (AvgIpc) is 2.71. The van der Waals surface area contributed by atoms with E-state index in [9.17, 15) is 0 Å². The van der Waals surface area contributed by atoms with Gasteiger partial charge in [0.1, 0.15) is 0 Å². The predicted molar refractivity (Wildman–Crippen MR) is 52.5 cm³/mol. The minimum absolute atomic E-state index is 0.604. The molecular formula is C11H15NO. The molecule has 2 nitrogen and oxygen atoms in total. The van der Waals surface area contributed by atoms with Crippen LogP contribution in [0.3, 0.4) is 0 Å². The van der Waals surface area contributed by atoms with E-state index in [0.717, 1.165) is 19.6 Å². The minimum atomic E-state index is 0.604. The van der Waals surface area contributed by atoms with E-state index in [1.54, 1.807) is 0 Å². The summed E-state index contributed by atoms with van der Waals surface area (Å²) in [5, 5.41) is 0. The van der Waals surface area contributed by atoms with Crippen molar-refractivity contribution in [2.75, 3.05) is 13.2 Å². The van der Waals surface area contributed by atoms with Crippen LogP contribution in [0.2, 0.25) is 0 Å². The normalized spacial score (nSPS) is 22.1. The molecule has 1 saturated heterocycles. The number of nitrogens with two attached hydrogens (primary N) is 1. The Morgan fingerprint density at radius 1 is 1.31 bits per heavy atom. The summed E-state index contributed by atoms with van der Waals surface area (Å²) in [6.07, 6.45) is 1.15. The molecule has 70 valence electrons. The third-order valence-corrected chi connectivity index (χ3v) is 2.62. The van der Waals surface area contributed by atoms with Gasteiger partial charge in [-0.2, -0.15) is 0 Å². The highest BCUT2D eigenvalue weighted by molar-refractivity contribution is 5.25. The molecule has 1 aliphatic heterocycles. The molecular weight excluding hydrogens is 162 g/mol. The highest BCUT2D eigenvalue weighted by atomic mass is 16.5. The standard InChI is InChI=1S/C11H15NO/c12-7-9-1-3-10(4-2-9)11-5-6-13-8-11/h1-4,11H,5-8,12H2. The van der Waals surface area contributed by atoms with Gasteiger partial charge in [0.25, 0.3) is 0 Å². The number of ether oxygens (including phenoxy) is 1. The Morgan fingerprint density at radius 3 is 2.62 bits per heavy atom. The van der Waals surface area contributed by atoms with E-state index in [-0.39, 0.29) is 0 Å². The smallest absolute Gasteiger partial charge is 0.0535 e. The second-order valence-corrected chi connectivity index (χ2v) is 3.51. The van der Waals surface area contributed by atoms with E-state index < -0.39 is 0 Å². The third-order valence-electron chi connectivity index (χ3n) is 2.62. The summed E-state index contributed by atoms with van der Waals surface area (Å²) in [5.74, 6) is 0.604. The predicted octanol–water partition coefficient (Wildman–Crippen LogP) is 1.65. The lowest BCUT2D eigenvalue weighted by Crippen LogP contribution is -1.99. The molecule has 0 aromatic heterocycles. The second-order valence-electron chi connectivity index (χ2n) is 3.51. The Labute approximate surface area is 78.7 Å². The highest BCUT2D eigenvalue weighted by Gasteiger charge is 2.16. The first kappa shape index (κ1) is 8.73. The average molecular weight is 177 g/mol. The first-order chi connectivity index (χ1) is 6.40. The lowest BCUT2D eigenvalue weighted by atomic mass is 9.97. The zero-order valence-corrected chi connectivity index (χ0v) is 7.70. The first-order valence-corrected chi connectivity index (χ1v) is 4.77. The molecule has 1 fully saturated rings. The van der Waals surface area contributed by atoms with Gasteiger partial charge in [-0.1, -0.05) is 24.3 Å². The molecule has 1 aromatic carbocycles. The molecule has 0 bridgehead atoms. The molecule has 2 heteroatoms. The molecule has 1 atom stereocenters. The van der Waals surface area contributed by atoms with Crippen LogP contribution in [-0.2, 0) is 11.3 Å². The molecule has 2 N–H and O–H groups in total. The number of hydrogen-bond acceptors (Lipinski definition) is 2. The first-order valence-electron chi connectivity index (χ1n) is 4.77. The largest absolute Gasteiger partial charge is 0.381 e. The number of benzene rings is 1. The summed E-state index contributed by atoms with van der Waals surface area (Å²) in [6, 6.07) is 8.55. The molecule has 0 radical (unpaired) electrons. The molecule has 1 heterocycles. The van der Waals surface area contributed by atoms with Crippen LogP contribution in [0, 0.1) is 0 Å². The summed E-state index contributed by atoms with van der Waals surface area (Å²) in [5.41, 5.74) is 8.11. The summed E-state index contributed by atoms with van der Waals surface area (Å²) < 4.78 is 5.34. The molecule has 0 saturated carbocycles. The van der Waals surface area contributed by atoms with Gasteiger partial charge in [0.15, 0.2) is 0 Å². The van der Waals surface area contributed by atoms with Crippen LogP contribution >= 0.6 is 0 Å². The van der Waals surface area contributed by atoms with Crippen molar-refractivity contribution < 1.29 is 4.74 Å². The maximum absolute atomic E-state index is 5.53. The van der Waals surface area contributed by atoms with Gasteiger partial charge in [-0.05, 0) is 17.5 Å². The topological polar surface area (TPSA) is 35.2 Å². The maximum atomic E-state index is 5.53. The molecule has 2 rings (SSSR count). The van der Waals surface area contributed by atoms with E-state index in [0.29, 0.717) is 12.5 Å². The van der Waals surface area contributed by atoms with E-state index in [1.807, 2.05) is 0 Å². The van der Waals surface area contributed by atoms with Gasteiger partial charge < -0.3 is 10.5 Å². The molecule has 0 spiro atoms. The Bertz CT molecular complexity index is 262. The third kappa shape index (κ3) is 1.90. The molecule has 1 unspecified atom stereocenters. The van der Waals surface area contributed by atoms with Crippen molar-refractivity contribution in [2.24, 2.45) is 5.73 Å². The summed E-state index contributed by atoms with van der Waals surface area (Å²) in [7, 11) is 0. The van der Waals surface area contributed by atoms with Crippen LogP contribution in [0.1, 0.15) is 23.5 Å². The monoisotopic (exact) mass is 177 g/mol. The van der Waals surface area contributed by atoms with Crippen LogP contribution in [0.5, 0.6) is 0 Å². The highest BCUT2D eigenvalue weighted by Crippen LogP contribution is 2.24. The Balaban J connectivity index is 2.12. The van der Waals surface area contributed by atoms with Crippen molar-refractivity contribution >= 4 is 0 Å². The van der Waals surface area contributed by atoms with E-state index >= 15 is 0 Å². The van der Waals surface area contributed by atoms with Gasteiger partial charge in [-0.3, -0.25) is 0 Å². The van der Waals surface area contributed by atoms with Crippen molar-refractivity contribution in [3.8, 4) is 0 Å². The molecule has 1 aliphatic rings. The summed E-state index contributed by atoms with van der Waals surface area (Å²) in [6.45, 7) is 2.41.